The summed E-state index contributed by atoms with van der Waals surface area (Å²) in [7, 11) is 0. The molecule has 0 unspecified atom stereocenters. The van der Waals surface area contributed by atoms with Gasteiger partial charge in [-0.3, -0.25) is 0 Å². The number of azo groups is 1. The number of phenols is 1. The molecule has 0 amide bonds. The molecule has 5 heteroatoms. The molecule has 0 saturated heterocycles. The molecule has 0 spiro atoms. The fourth-order valence-electron chi connectivity index (χ4n) is 2.00. The summed E-state index contributed by atoms with van der Waals surface area (Å²) < 4.78 is 0. The molecule has 0 bridgehead atoms. The van der Waals surface area contributed by atoms with Crippen molar-refractivity contribution in [3.8, 4) is 5.75 Å². The number of hydrogen-bond acceptors (Lipinski definition) is 5. The Kier molecular flexibility index (Phi) is 4.72. The first kappa shape index (κ1) is 15.6. The molecule has 1 aromatic heterocycles. The van der Waals surface area contributed by atoms with Crippen molar-refractivity contribution in [3.63, 3.8) is 0 Å². The minimum Gasteiger partial charge on any atom is -0.507 e. The van der Waals surface area contributed by atoms with Crippen LogP contribution in [0.25, 0.3) is 0 Å². The van der Waals surface area contributed by atoms with Crippen LogP contribution in [0.15, 0.2) is 82.1 Å². The fourth-order valence-corrected chi connectivity index (χ4v) is 2.00. The molecule has 1 N–H and O–H groups in total. The van der Waals surface area contributed by atoms with E-state index >= 15 is 0 Å². The number of aryl methyl sites for hydroxylation is 1. The minimum absolute atomic E-state index is 0.129. The summed E-state index contributed by atoms with van der Waals surface area (Å²) in [6.45, 7) is 2.02. The number of phenolic OH excluding ortho intramolecular Hbond substituents is 1. The normalized spacial score (nSPS) is 11.4. The van der Waals surface area contributed by atoms with E-state index in [2.05, 4.69) is 20.2 Å². The number of aromatic hydroxyl groups is 1. The molecule has 3 aromatic rings. The lowest BCUT2D eigenvalue weighted by Crippen LogP contribution is -1.82. The van der Waals surface area contributed by atoms with Crippen molar-refractivity contribution in [1.29, 1.82) is 0 Å². The van der Waals surface area contributed by atoms with Gasteiger partial charge in [0.1, 0.15) is 5.75 Å². The van der Waals surface area contributed by atoms with Crippen LogP contribution in [0.2, 0.25) is 0 Å². The summed E-state index contributed by atoms with van der Waals surface area (Å²) in [6.07, 6.45) is 3.22. The van der Waals surface area contributed by atoms with Crippen molar-refractivity contribution in [2.45, 2.75) is 6.92 Å². The third kappa shape index (κ3) is 4.10. The van der Waals surface area contributed by atoms with Gasteiger partial charge in [-0.15, -0.1) is 0 Å². The van der Waals surface area contributed by atoms with Gasteiger partial charge in [0.05, 0.1) is 11.4 Å². The second-order valence-electron chi connectivity index (χ2n) is 5.22. The molecule has 0 radical (unpaired) electrons. The summed E-state index contributed by atoms with van der Waals surface area (Å²) >= 11 is 0. The van der Waals surface area contributed by atoms with Crippen LogP contribution in [0.4, 0.5) is 17.2 Å². The predicted octanol–water partition coefficient (Wildman–Crippen LogP) is 5.26. The summed E-state index contributed by atoms with van der Waals surface area (Å²) in [5.74, 6) is 0.701. The Morgan fingerprint density at radius 3 is 2.42 bits per heavy atom. The van der Waals surface area contributed by atoms with E-state index in [1.54, 1.807) is 36.7 Å². The maximum absolute atomic E-state index is 9.94. The van der Waals surface area contributed by atoms with Crippen LogP contribution in [0.3, 0.4) is 0 Å². The van der Waals surface area contributed by atoms with Crippen LogP contribution >= 0.6 is 0 Å². The number of rotatable bonds is 4. The number of pyridine rings is 1. The zero-order valence-electron chi connectivity index (χ0n) is 13.2. The third-order valence-corrected chi connectivity index (χ3v) is 3.31. The Morgan fingerprint density at radius 1 is 0.917 bits per heavy atom. The number of benzene rings is 2. The molecule has 0 saturated carbocycles. The Bertz CT molecular complexity index is 872. The molecule has 0 atom stereocenters. The first-order chi connectivity index (χ1) is 11.7. The number of aliphatic imine (C=N–C) groups is 1. The Labute approximate surface area is 140 Å². The van der Waals surface area contributed by atoms with Crippen LogP contribution in [0.1, 0.15) is 11.1 Å². The van der Waals surface area contributed by atoms with E-state index in [0.717, 1.165) is 5.69 Å². The lowest BCUT2D eigenvalue weighted by atomic mass is 10.2. The van der Waals surface area contributed by atoms with Gasteiger partial charge in [0, 0.05) is 18.0 Å². The van der Waals surface area contributed by atoms with Crippen molar-refractivity contribution in [3.05, 3.63) is 78.0 Å². The highest BCUT2D eigenvalue weighted by atomic mass is 16.3. The van der Waals surface area contributed by atoms with E-state index in [9.17, 15) is 5.11 Å². The first-order valence-electron chi connectivity index (χ1n) is 7.47. The molecule has 5 nitrogen and oxygen atoms in total. The van der Waals surface area contributed by atoms with Gasteiger partial charge in [0.25, 0.3) is 0 Å². The minimum atomic E-state index is 0.129. The van der Waals surface area contributed by atoms with Crippen LogP contribution in [0.5, 0.6) is 5.75 Å². The second kappa shape index (κ2) is 7.28. The zero-order valence-corrected chi connectivity index (χ0v) is 13.2. The number of aromatic nitrogens is 1. The molecule has 0 aliphatic heterocycles. The SMILES string of the molecule is Cc1ccc(N=Nc2ccc(O)c(/C=N/c3ccccn3)c2)cc1. The summed E-state index contributed by atoms with van der Waals surface area (Å²) in [5.41, 5.74) is 3.14. The van der Waals surface area contributed by atoms with E-state index < -0.39 is 0 Å². The maximum atomic E-state index is 9.94. The Hall–Kier alpha value is -3.34. The van der Waals surface area contributed by atoms with Crippen LogP contribution in [0, 0.1) is 6.92 Å². The third-order valence-electron chi connectivity index (χ3n) is 3.31. The number of nitrogens with zero attached hydrogens (tertiary/aromatic N) is 4. The highest BCUT2D eigenvalue weighted by Gasteiger charge is 2.01. The fraction of sp³-hybridized carbons (Fsp3) is 0.0526. The van der Waals surface area contributed by atoms with Gasteiger partial charge in [-0.1, -0.05) is 23.8 Å². The monoisotopic (exact) mass is 316 g/mol. The van der Waals surface area contributed by atoms with Crippen molar-refractivity contribution < 1.29 is 5.11 Å². The summed E-state index contributed by atoms with van der Waals surface area (Å²) in [5, 5.41) is 18.3. The van der Waals surface area contributed by atoms with Crippen molar-refractivity contribution in [1.82, 2.24) is 4.98 Å². The van der Waals surface area contributed by atoms with Crippen LogP contribution in [-0.4, -0.2) is 16.3 Å². The molecule has 24 heavy (non-hydrogen) atoms. The van der Waals surface area contributed by atoms with E-state index in [1.807, 2.05) is 43.3 Å². The quantitative estimate of drug-likeness (QED) is 0.526. The lowest BCUT2D eigenvalue weighted by Gasteiger charge is -2.00. The molecular weight excluding hydrogens is 300 g/mol. The highest BCUT2D eigenvalue weighted by Crippen LogP contribution is 2.24. The van der Waals surface area contributed by atoms with Gasteiger partial charge in [0.15, 0.2) is 5.82 Å². The average molecular weight is 316 g/mol. The first-order valence-corrected chi connectivity index (χ1v) is 7.47. The van der Waals surface area contributed by atoms with E-state index in [4.69, 9.17) is 0 Å². The Morgan fingerprint density at radius 2 is 1.67 bits per heavy atom. The van der Waals surface area contributed by atoms with Crippen molar-refractivity contribution >= 4 is 23.4 Å². The topological polar surface area (TPSA) is 70.2 Å². The molecule has 1 heterocycles. The molecule has 118 valence electrons. The smallest absolute Gasteiger partial charge is 0.151 e. The largest absolute Gasteiger partial charge is 0.507 e. The molecular formula is C19H16N4O. The van der Waals surface area contributed by atoms with Gasteiger partial charge in [-0.2, -0.15) is 10.2 Å². The van der Waals surface area contributed by atoms with Crippen molar-refractivity contribution in [2.75, 3.05) is 0 Å². The maximum Gasteiger partial charge on any atom is 0.151 e. The predicted molar refractivity (Wildman–Crippen MR) is 95.0 cm³/mol. The van der Waals surface area contributed by atoms with Crippen LogP contribution < -0.4 is 0 Å². The highest BCUT2D eigenvalue weighted by molar-refractivity contribution is 5.86. The standard InChI is InChI=1S/C19H16N4O/c1-14-5-7-16(8-6-14)22-23-17-9-10-18(24)15(12-17)13-21-19-4-2-3-11-20-19/h2-13,24H,1H3/b21-13+,23-22?. The Balaban J connectivity index is 1.81. The molecule has 3 rings (SSSR count). The zero-order chi connectivity index (χ0) is 16.8. The average Bonchev–Trinajstić information content (AvgIpc) is 2.62. The summed E-state index contributed by atoms with van der Waals surface area (Å²) in [6, 6.07) is 18.2. The van der Waals surface area contributed by atoms with Gasteiger partial charge in [-0.25, -0.2) is 9.98 Å². The van der Waals surface area contributed by atoms with Crippen LogP contribution in [-0.2, 0) is 0 Å². The molecule has 0 aliphatic rings. The van der Waals surface area contributed by atoms with Crippen molar-refractivity contribution in [2.24, 2.45) is 15.2 Å². The van der Waals surface area contributed by atoms with E-state index in [-0.39, 0.29) is 5.75 Å². The van der Waals surface area contributed by atoms with E-state index in [1.165, 1.54) is 5.56 Å². The lowest BCUT2D eigenvalue weighted by molar-refractivity contribution is 0.474. The number of hydrogen-bond donors (Lipinski definition) is 1. The van der Waals surface area contributed by atoms with Gasteiger partial charge >= 0.3 is 0 Å². The van der Waals surface area contributed by atoms with E-state index in [0.29, 0.717) is 17.1 Å². The molecule has 0 aliphatic carbocycles. The summed E-state index contributed by atoms with van der Waals surface area (Å²) in [4.78, 5) is 8.35. The molecule has 0 fully saturated rings. The molecule has 2 aromatic carbocycles. The van der Waals surface area contributed by atoms with Gasteiger partial charge in [0.2, 0.25) is 0 Å². The second-order valence-corrected chi connectivity index (χ2v) is 5.22. The van der Waals surface area contributed by atoms with Gasteiger partial charge < -0.3 is 5.11 Å². The van der Waals surface area contributed by atoms with Gasteiger partial charge in [-0.05, 0) is 49.4 Å².